The molecular formula is C14H10N4O. The van der Waals surface area contributed by atoms with E-state index < -0.39 is 0 Å². The number of aromatic nitrogens is 2. The molecule has 5 nitrogen and oxygen atoms in total. The van der Waals surface area contributed by atoms with Crippen LogP contribution in [-0.4, -0.2) is 22.4 Å². The lowest BCUT2D eigenvalue weighted by Crippen LogP contribution is -2.31. The smallest absolute Gasteiger partial charge is 0.251 e. The highest BCUT2D eigenvalue weighted by Crippen LogP contribution is 2.24. The van der Waals surface area contributed by atoms with Gasteiger partial charge in [0.2, 0.25) is 0 Å². The first-order chi connectivity index (χ1) is 9.29. The van der Waals surface area contributed by atoms with E-state index in [0.29, 0.717) is 23.4 Å². The van der Waals surface area contributed by atoms with Gasteiger partial charge in [-0.15, -0.1) is 0 Å². The van der Waals surface area contributed by atoms with E-state index in [1.807, 2.05) is 12.1 Å². The molecular weight excluding hydrogens is 240 g/mol. The molecule has 2 heterocycles. The maximum Gasteiger partial charge on any atom is 0.251 e. The van der Waals surface area contributed by atoms with Gasteiger partial charge in [-0.3, -0.25) is 4.79 Å². The average molecular weight is 250 g/mol. The van der Waals surface area contributed by atoms with Crippen LogP contribution in [0.4, 0.5) is 0 Å². The van der Waals surface area contributed by atoms with Gasteiger partial charge >= 0.3 is 0 Å². The van der Waals surface area contributed by atoms with Crippen molar-refractivity contribution in [3.63, 3.8) is 0 Å². The lowest BCUT2D eigenvalue weighted by molar-refractivity contribution is 0.0946. The minimum absolute atomic E-state index is 0.0454. The summed E-state index contributed by atoms with van der Waals surface area (Å²) >= 11 is 0. The quantitative estimate of drug-likeness (QED) is 0.827. The minimum atomic E-state index is -0.0454. The highest BCUT2D eigenvalue weighted by molar-refractivity contribution is 5.97. The van der Waals surface area contributed by atoms with Crippen LogP contribution in [-0.2, 0) is 6.42 Å². The van der Waals surface area contributed by atoms with Gasteiger partial charge in [-0.25, -0.2) is 9.97 Å². The van der Waals surface area contributed by atoms with Gasteiger partial charge in [0, 0.05) is 23.9 Å². The highest BCUT2D eigenvalue weighted by atomic mass is 16.1. The Kier molecular flexibility index (Phi) is 2.69. The average Bonchev–Trinajstić information content (AvgIpc) is 2.47. The Bertz CT molecular complexity index is 703. The van der Waals surface area contributed by atoms with Gasteiger partial charge in [-0.05, 0) is 24.1 Å². The number of rotatable bonds is 1. The molecule has 0 saturated heterocycles. The summed E-state index contributed by atoms with van der Waals surface area (Å²) in [4.78, 5) is 19.7. The first-order valence-electron chi connectivity index (χ1n) is 5.91. The second-order valence-corrected chi connectivity index (χ2v) is 4.27. The Morgan fingerprint density at radius 3 is 3.11 bits per heavy atom. The van der Waals surface area contributed by atoms with Gasteiger partial charge < -0.3 is 5.32 Å². The number of hydrogen-bond donors (Lipinski definition) is 1. The molecule has 0 saturated carbocycles. The molecule has 2 aromatic rings. The Morgan fingerprint density at radius 1 is 1.37 bits per heavy atom. The van der Waals surface area contributed by atoms with Crippen molar-refractivity contribution in [1.82, 2.24) is 15.3 Å². The second kappa shape index (κ2) is 4.50. The third-order valence-corrected chi connectivity index (χ3v) is 3.14. The molecule has 1 amide bonds. The minimum Gasteiger partial charge on any atom is -0.352 e. The topological polar surface area (TPSA) is 78.7 Å². The van der Waals surface area contributed by atoms with Gasteiger partial charge in [0.15, 0.2) is 0 Å². The summed E-state index contributed by atoms with van der Waals surface area (Å²) < 4.78 is 0. The third kappa shape index (κ3) is 1.93. The summed E-state index contributed by atoms with van der Waals surface area (Å²) in [6, 6.07) is 7.60. The first kappa shape index (κ1) is 11.4. The van der Waals surface area contributed by atoms with E-state index in [4.69, 9.17) is 5.26 Å². The normalized spacial score (nSPS) is 13.3. The Labute approximate surface area is 109 Å². The lowest BCUT2D eigenvalue weighted by Gasteiger charge is -2.17. The van der Waals surface area contributed by atoms with Crippen LogP contribution in [0.1, 0.15) is 21.5 Å². The maximum absolute atomic E-state index is 11.7. The van der Waals surface area contributed by atoms with Crippen LogP contribution in [0, 0.1) is 11.3 Å². The van der Waals surface area contributed by atoms with Crippen molar-refractivity contribution in [3.8, 4) is 17.3 Å². The molecule has 0 aliphatic carbocycles. The van der Waals surface area contributed by atoms with E-state index in [0.717, 1.165) is 17.5 Å². The summed E-state index contributed by atoms with van der Waals surface area (Å²) in [5, 5.41) is 11.9. The second-order valence-electron chi connectivity index (χ2n) is 4.27. The predicted molar refractivity (Wildman–Crippen MR) is 68.2 cm³/mol. The van der Waals surface area contributed by atoms with Crippen molar-refractivity contribution in [3.05, 3.63) is 47.4 Å². The molecule has 1 aromatic heterocycles. The van der Waals surface area contributed by atoms with Crippen LogP contribution in [0.3, 0.4) is 0 Å². The number of carbonyl (C=O) groups is 1. The van der Waals surface area contributed by atoms with Gasteiger partial charge in [-0.1, -0.05) is 6.07 Å². The molecule has 1 aromatic carbocycles. The molecule has 0 unspecified atom stereocenters. The number of carbonyl (C=O) groups excluding carboxylic acids is 1. The first-order valence-corrected chi connectivity index (χ1v) is 5.91. The van der Waals surface area contributed by atoms with Crippen LogP contribution in [0.25, 0.3) is 11.3 Å². The van der Waals surface area contributed by atoms with Crippen LogP contribution in [0.5, 0.6) is 0 Å². The van der Waals surface area contributed by atoms with Crippen molar-refractivity contribution < 1.29 is 4.79 Å². The Hall–Kier alpha value is -2.74. The van der Waals surface area contributed by atoms with Crippen molar-refractivity contribution in [2.45, 2.75) is 6.42 Å². The molecule has 1 aliphatic rings. The molecule has 19 heavy (non-hydrogen) atoms. The Morgan fingerprint density at radius 2 is 2.26 bits per heavy atom. The van der Waals surface area contributed by atoms with Gasteiger partial charge in [-0.2, -0.15) is 5.26 Å². The zero-order valence-corrected chi connectivity index (χ0v) is 10.1. The molecule has 0 atom stereocenters. The molecule has 3 rings (SSSR count). The molecule has 1 aliphatic heterocycles. The number of amides is 1. The van der Waals surface area contributed by atoms with Crippen molar-refractivity contribution >= 4 is 5.91 Å². The van der Waals surface area contributed by atoms with Gasteiger partial charge in [0.25, 0.3) is 5.91 Å². The lowest BCUT2D eigenvalue weighted by atomic mass is 9.96. The molecule has 0 radical (unpaired) electrons. The molecule has 5 heteroatoms. The van der Waals surface area contributed by atoms with E-state index in [1.165, 1.54) is 12.5 Å². The highest BCUT2D eigenvalue weighted by Gasteiger charge is 2.17. The molecule has 1 N–H and O–H groups in total. The fraction of sp³-hybridized carbons (Fsp3) is 0.143. The Balaban J connectivity index is 2.13. The zero-order valence-electron chi connectivity index (χ0n) is 10.1. The van der Waals surface area contributed by atoms with Crippen LogP contribution >= 0.6 is 0 Å². The monoisotopic (exact) mass is 250 g/mol. The summed E-state index contributed by atoms with van der Waals surface area (Å²) in [6.07, 6.45) is 3.71. The van der Waals surface area contributed by atoms with Crippen LogP contribution in [0.15, 0.2) is 30.7 Å². The number of hydrogen-bond acceptors (Lipinski definition) is 4. The van der Waals surface area contributed by atoms with Crippen molar-refractivity contribution in [2.24, 2.45) is 0 Å². The SMILES string of the molecule is N#Cc1cncnc1-c1ccc2c(c1)CCNC2=O. The van der Waals surface area contributed by atoms with Crippen molar-refractivity contribution in [1.29, 1.82) is 5.26 Å². The molecule has 0 fully saturated rings. The van der Waals surface area contributed by atoms with E-state index in [9.17, 15) is 4.79 Å². The number of benzene rings is 1. The van der Waals surface area contributed by atoms with Gasteiger partial charge in [0.05, 0.1) is 11.3 Å². The van der Waals surface area contributed by atoms with E-state index in [1.54, 1.807) is 6.07 Å². The van der Waals surface area contributed by atoms with E-state index in [-0.39, 0.29) is 5.91 Å². The summed E-state index contributed by atoms with van der Waals surface area (Å²) in [6.45, 7) is 0.643. The summed E-state index contributed by atoms with van der Waals surface area (Å²) in [5.74, 6) is -0.0454. The largest absolute Gasteiger partial charge is 0.352 e. The standard InChI is InChI=1S/C14H10N4O/c15-6-11-7-16-8-18-13(11)10-1-2-12-9(5-10)3-4-17-14(12)19/h1-2,5,7-8H,3-4H2,(H,17,19). The van der Waals surface area contributed by atoms with Crippen molar-refractivity contribution in [2.75, 3.05) is 6.54 Å². The molecule has 0 spiro atoms. The maximum atomic E-state index is 11.7. The molecule has 0 bridgehead atoms. The number of nitriles is 1. The number of fused-ring (bicyclic) bond motifs is 1. The van der Waals surface area contributed by atoms with E-state index >= 15 is 0 Å². The number of nitrogens with zero attached hydrogens (tertiary/aromatic N) is 3. The van der Waals surface area contributed by atoms with E-state index in [2.05, 4.69) is 21.4 Å². The zero-order chi connectivity index (χ0) is 13.2. The summed E-state index contributed by atoms with van der Waals surface area (Å²) in [7, 11) is 0. The third-order valence-electron chi connectivity index (χ3n) is 3.14. The fourth-order valence-electron chi connectivity index (χ4n) is 2.22. The van der Waals surface area contributed by atoms with Crippen LogP contribution in [0.2, 0.25) is 0 Å². The fourth-order valence-corrected chi connectivity index (χ4v) is 2.22. The van der Waals surface area contributed by atoms with Crippen LogP contribution < -0.4 is 5.32 Å². The predicted octanol–water partition coefficient (Wildman–Crippen LogP) is 1.30. The van der Waals surface area contributed by atoms with Gasteiger partial charge in [0.1, 0.15) is 12.4 Å². The number of nitrogens with one attached hydrogen (secondary N) is 1. The molecule has 92 valence electrons. The summed E-state index contributed by atoms with van der Waals surface area (Å²) in [5.41, 5.74) is 3.56.